The van der Waals surface area contributed by atoms with Gasteiger partial charge in [0.05, 0.1) is 11.2 Å². The minimum atomic E-state index is 0.730. The third-order valence-corrected chi connectivity index (χ3v) is 6.53. The van der Waals surface area contributed by atoms with E-state index in [2.05, 4.69) is 101 Å². The summed E-state index contributed by atoms with van der Waals surface area (Å²) in [6.45, 7) is 0. The van der Waals surface area contributed by atoms with Crippen molar-refractivity contribution in [2.24, 2.45) is 0 Å². The molecule has 3 heteroatoms. The molecule has 0 aliphatic rings. The largest absolute Gasteiger partial charge is 0.247 e. The number of benzene rings is 5. The first-order valence-corrected chi connectivity index (χ1v) is 11.0. The zero-order valence-corrected chi connectivity index (χ0v) is 18.2. The minimum Gasteiger partial charge on any atom is -0.247 e. The molecule has 1 heterocycles. The summed E-state index contributed by atoms with van der Waals surface area (Å²) in [5.41, 5.74) is 3.77. The Morgan fingerprint density at radius 2 is 1.20 bits per heavy atom. The zero-order chi connectivity index (χ0) is 20.2. The van der Waals surface area contributed by atoms with Crippen molar-refractivity contribution >= 4 is 79.1 Å². The van der Waals surface area contributed by atoms with Crippen LogP contribution in [0.5, 0.6) is 0 Å². The van der Waals surface area contributed by atoms with Gasteiger partial charge in [-0.25, -0.2) is 4.98 Å². The van der Waals surface area contributed by atoms with Crippen molar-refractivity contribution in [2.45, 2.75) is 0 Å². The molecule has 0 spiro atoms. The Labute approximate surface area is 189 Å². The standard InChI is InChI=1S/C27H15BIN/c28-17-11-14-23-24(15-17)30-27(16-9-12-18(29)13-10-16)26-22-8-4-2-6-20(22)19-5-1-3-7-21(19)25(23)26/h1-15H. The van der Waals surface area contributed by atoms with Crippen LogP contribution in [0.15, 0.2) is 91.0 Å². The Bertz CT molecular complexity index is 1600. The van der Waals surface area contributed by atoms with Gasteiger partial charge in [0.15, 0.2) is 0 Å². The summed E-state index contributed by atoms with van der Waals surface area (Å²) < 4.78 is 1.21. The molecule has 0 saturated carbocycles. The van der Waals surface area contributed by atoms with Gasteiger partial charge in [0.25, 0.3) is 0 Å². The van der Waals surface area contributed by atoms with Gasteiger partial charge in [-0.3, -0.25) is 0 Å². The lowest BCUT2D eigenvalue weighted by Gasteiger charge is -2.16. The normalized spacial score (nSPS) is 11.6. The maximum atomic E-state index is 6.14. The highest BCUT2D eigenvalue weighted by Crippen LogP contribution is 2.42. The smallest absolute Gasteiger partial charge is 0.113 e. The van der Waals surface area contributed by atoms with Gasteiger partial charge in [0, 0.05) is 25.3 Å². The fourth-order valence-electron chi connectivity index (χ4n) is 4.51. The maximum Gasteiger partial charge on any atom is 0.113 e. The molecule has 0 N–H and O–H groups in total. The SMILES string of the molecule is [B]c1ccc2c(c1)nc(-c1ccc(I)cc1)c1c3ccccc3c3ccccc3c21. The van der Waals surface area contributed by atoms with Gasteiger partial charge in [-0.05, 0) is 62.3 Å². The molecule has 1 nitrogen and oxygen atoms in total. The van der Waals surface area contributed by atoms with Crippen LogP contribution in [0.1, 0.15) is 0 Å². The number of pyridine rings is 1. The molecule has 0 bridgehead atoms. The highest BCUT2D eigenvalue weighted by Gasteiger charge is 2.17. The quantitative estimate of drug-likeness (QED) is 0.141. The van der Waals surface area contributed by atoms with Gasteiger partial charge in [0.2, 0.25) is 0 Å². The zero-order valence-electron chi connectivity index (χ0n) is 16.1. The molecule has 30 heavy (non-hydrogen) atoms. The van der Waals surface area contributed by atoms with Crippen molar-refractivity contribution in [2.75, 3.05) is 0 Å². The second-order valence-electron chi connectivity index (χ2n) is 7.59. The molecule has 2 radical (unpaired) electrons. The molecule has 0 amide bonds. The van der Waals surface area contributed by atoms with E-state index >= 15 is 0 Å². The lowest BCUT2D eigenvalue weighted by Crippen LogP contribution is -2.02. The second-order valence-corrected chi connectivity index (χ2v) is 8.83. The first kappa shape index (κ1) is 17.9. The maximum absolute atomic E-state index is 6.14. The summed E-state index contributed by atoms with van der Waals surface area (Å²) in [5, 5.41) is 8.56. The molecule has 138 valence electrons. The predicted octanol–water partition coefficient (Wildman–Crippen LogP) is 6.76. The Kier molecular flexibility index (Phi) is 4.07. The third kappa shape index (κ3) is 2.65. The van der Waals surface area contributed by atoms with Crippen LogP contribution in [0.2, 0.25) is 0 Å². The number of fused-ring (bicyclic) bond motifs is 8. The summed E-state index contributed by atoms with van der Waals surface area (Å²) in [4.78, 5) is 5.14. The van der Waals surface area contributed by atoms with Gasteiger partial charge >= 0.3 is 0 Å². The van der Waals surface area contributed by atoms with Gasteiger partial charge in [-0.2, -0.15) is 0 Å². The van der Waals surface area contributed by atoms with Crippen molar-refractivity contribution in [1.29, 1.82) is 0 Å². The van der Waals surface area contributed by atoms with Gasteiger partial charge in [-0.15, -0.1) is 0 Å². The first-order valence-electron chi connectivity index (χ1n) is 9.89. The van der Waals surface area contributed by atoms with Crippen LogP contribution in [-0.4, -0.2) is 12.8 Å². The average molecular weight is 491 g/mol. The van der Waals surface area contributed by atoms with Gasteiger partial charge < -0.3 is 0 Å². The summed E-state index contributed by atoms with van der Waals surface area (Å²) in [6.07, 6.45) is 0. The van der Waals surface area contributed by atoms with Gasteiger partial charge in [0.1, 0.15) is 7.85 Å². The van der Waals surface area contributed by atoms with Crippen LogP contribution in [-0.2, 0) is 0 Å². The van der Waals surface area contributed by atoms with E-state index in [-0.39, 0.29) is 0 Å². The number of hydrogen-bond acceptors (Lipinski definition) is 1. The summed E-state index contributed by atoms with van der Waals surface area (Å²) in [5.74, 6) is 0. The third-order valence-electron chi connectivity index (χ3n) is 5.81. The van der Waals surface area contributed by atoms with E-state index in [1.807, 2.05) is 12.1 Å². The van der Waals surface area contributed by atoms with Crippen LogP contribution in [0.3, 0.4) is 0 Å². The minimum absolute atomic E-state index is 0.730. The predicted molar refractivity (Wildman–Crippen MR) is 138 cm³/mol. The van der Waals surface area contributed by atoms with Crippen LogP contribution < -0.4 is 5.46 Å². The molecular formula is C27H15BIN. The van der Waals surface area contributed by atoms with E-state index in [1.54, 1.807) is 0 Å². The lowest BCUT2D eigenvalue weighted by molar-refractivity contribution is 1.43. The van der Waals surface area contributed by atoms with Crippen molar-refractivity contribution in [1.82, 2.24) is 4.98 Å². The fraction of sp³-hybridized carbons (Fsp3) is 0. The molecule has 0 unspecified atom stereocenters. The van der Waals surface area contributed by atoms with Crippen LogP contribution in [0, 0.1) is 3.57 Å². The van der Waals surface area contributed by atoms with Crippen molar-refractivity contribution in [3.05, 3.63) is 94.6 Å². The lowest BCUT2D eigenvalue weighted by atomic mass is 9.88. The van der Waals surface area contributed by atoms with Crippen molar-refractivity contribution < 1.29 is 0 Å². The van der Waals surface area contributed by atoms with E-state index in [0.29, 0.717) is 0 Å². The van der Waals surface area contributed by atoms with E-state index < -0.39 is 0 Å². The van der Waals surface area contributed by atoms with E-state index in [1.165, 1.54) is 35.9 Å². The molecule has 0 fully saturated rings. The Balaban J connectivity index is 1.96. The van der Waals surface area contributed by atoms with Crippen molar-refractivity contribution in [3.63, 3.8) is 0 Å². The first-order chi connectivity index (χ1) is 14.7. The van der Waals surface area contributed by atoms with E-state index in [0.717, 1.165) is 27.6 Å². The molecular weight excluding hydrogens is 476 g/mol. The number of aromatic nitrogens is 1. The van der Waals surface area contributed by atoms with Crippen LogP contribution >= 0.6 is 22.6 Å². The molecule has 6 aromatic rings. The summed E-state index contributed by atoms with van der Waals surface area (Å²) in [7, 11) is 6.14. The molecule has 5 aromatic carbocycles. The summed E-state index contributed by atoms with van der Waals surface area (Å²) in [6, 6.07) is 32.0. The Hall–Kier alpha value is -2.92. The fourth-order valence-corrected chi connectivity index (χ4v) is 4.87. The molecule has 0 aliphatic heterocycles. The number of rotatable bonds is 1. The van der Waals surface area contributed by atoms with E-state index in [9.17, 15) is 0 Å². The molecule has 0 saturated heterocycles. The Morgan fingerprint density at radius 3 is 1.87 bits per heavy atom. The average Bonchev–Trinajstić information content (AvgIpc) is 2.78. The van der Waals surface area contributed by atoms with E-state index in [4.69, 9.17) is 12.8 Å². The van der Waals surface area contributed by atoms with Crippen LogP contribution in [0.4, 0.5) is 0 Å². The highest BCUT2D eigenvalue weighted by molar-refractivity contribution is 14.1. The summed E-state index contributed by atoms with van der Waals surface area (Å²) >= 11 is 2.34. The second kappa shape index (κ2) is 6.81. The molecule has 0 atom stereocenters. The topological polar surface area (TPSA) is 12.9 Å². The molecule has 1 aromatic heterocycles. The number of nitrogens with zero attached hydrogens (tertiary/aromatic N) is 1. The van der Waals surface area contributed by atoms with Crippen LogP contribution in [0.25, 0.3) is 54.5 Å². The molecule has 0 aliphatic carbocycles. The number of halogens is 1. The van der Waals surface area contributed by atoms with Crippen molar-refractivity contribution in [3.8, 4) is 11.3 Å². The monoisotopic (exact) mass is 491 g/mol. The highest BCUT2D eigenvalue weighted by atomic mass is 127. The number of hydrogen-bond donors (Lipinski definition) is 0. The Morgan fingerprint density at radius 1 is 0.600 bits per heavy atom. The van der Waals surface area contributed by atoms with Gasteiger partial charge in [-0.1, -0.05) is 78.3 Å². The molecule has 6 rings (SSSR count).